The summed E-state index contributed by atoms with van der Waals surface area (Å²) in [5.74, 6) is -3.75. The van der Waals surface area contributed by atoms with Gasteiger partial charge in [0.15, 0.2) is 0 Å². The monoisotopic (exact) mass is 357 g/mol. The van der Waals surface area contributed by atoms with Crippen molar-refractivity contribution in [3.63, 3.8) is 0 Å². The number of carbonyl (C=O) groups excluding carboxylic acids is 1. The van der Waals surface area contributed by atoms with Gasteiger partial charge in [0.2, 0.25) is 5.91 Å². The number of anilines is 1. The van der Waals surface area contributed by atoms with Crippen LogP contribution in [0.1, 0.15) is 12.8 Å². The number of nitrogens with one attached hydrogen (secondary N) is 1. The van der Waals surface area contributed by atoms with Gasteiger partial charge in [0.1, 0.15) is 5.82 Å². The van der Waals surface area contributed by atoms with Crippen LogP contribution in [0, 0.1) is 17.7 Å². The molecular formula is C14H13BrFNO4. The highest BCUT2D eigenvalue weighted by molar-refractivity contribution is 9.10. The Morgan fingerprint density at radius 3 is 2.57 bits per heavy atom. The molecule has 0 aromatic heterocycles. The highest BCUT2D eigenvalue weighted by Gasteiger charge is 2.55. The molecule has 2 aliphatic heterocycles. The molecule has 0 saturated carbocycles. The van der Waals surface area contributed by atoms with E-state index in [1.54, 1.807) is 6.07 Å². The fraction of sp³-hybridized carbons (Fsp3) is 0.429. The van der Waals surface area contributed by atoms with Crippen molar-refractivity contribution in [2.75, 3.05) is 5.32 Å². The molecule has 4 atom stereocenters. The molecule has 2 heterocycles. The van der Waals surface area contributed by atoms with Crippen molar-refractivity contribution in [3.8, 4) is 0 Å². The van der Waals surface area contributed by atoms with Gasteiger partial charge in [-0.2, -0.15) is 0 Å². The number of amides is 1. The lowest BCUT2D eigenvalue weighted by Crippen LogP contribution is -2.41. The quantitative estimate of drug-likeness (QED) is 0.870. The van der Waals surface area contributed by atoms with Crippen molar-refractivity contribution in [1.82, 2.24) is 0 Å². The zero-order valence-electron chi connectivity index (χ0n) is 10.9. The average Bonchev–Trinajstić information content (AvgIpc) is 3.02. The van der Waals surface area contributed by atoms with Crippen LogP contribution >= 0.6 is 15.9 Å². The Morgan fingerprint density at radius 1 is 1.29 bits per heavy atom. The minimum Gasteiger partial charge on any atom is -0.481 e. The summed E-state index contributed by atoms with van der Waals surface area (Å²) in [7, 11) is 0. The minimum absolute atomic E-state index is 0.0371. The molecule has 2 aliphatic rings. The maximum Gasteiger partial charge on any atom is 0.310 e. The maximum absolute atomic E-state index is 13.7. The molecule has 112 valence electrons. The smallest absolute Gasteiger partial charge is 0.310 e. The van der Waals surface area contributed by atoms with E-state index in [-0.39, 0.29) is 5.69 Å². The van der Waals surface area contributed by atoms with Crippen LogP contribution < -0.4 is 5.32 Å². The Kier molecular flexibility index (Phi) is 3.71. The van der Waals surface area contributed by atoms with Gasteiger partial charge in [0.05, 0.1) is 29.7 Å². The number of ether oxygens (including phenoxy) is 1. The maximum atomic E-state index is 13.7. The van der Waals surface area contributed by atoms with Crippen LogP contribution in [0.3, 0.4) is 0 Å². The molecule has 2 N–H and O–H groups in total. The van der Waals surface area contributed by atoms with Crippen molar-refractivity contribution in [1.29, 1.82) is 0 Å². The van der Waals surface area contributed by atoms with Crippen molar-refractivity contribution >= 4 is 33.5 Å². The molecule has 0 radical (unpaired) electrons. The minimum atomic E-state index is -1.04. The van der Waals surface area contributed by atoms with E-state index in [2.05, 4.69) is 21.2 Å². The zero-order chi connectivity index (χ0) is 15.1. The number of carboxylic acids is 1. The van der Waals surface area contributed by atoms with Gasteiger partial charge in [-0.25, -0.2) is 4.39 Å². The van der Waals surface area contributed by atoms with Crippen molar-refractivity contribution < 1.29 is 23.8 Å². The lowest BCUT2D eigenvalue weighted by atomic mass is 9.78. The molecule has 2 fully saturated rings. The first-order valence-corrected chi connectivity index (χ1v) is 7.41. The Morgan fingerprint density at radius 2 is 1.95 bits per heavy atom. The fourth-order valence-electron chi connectivity index (χ4n) is 3.13. The number of hydrogen-bond donors (Lipinski definition) is 2. The van der Waals surface area contributed by atoms with Crippen LogP contribution in [0.2, 0.25) is 0 Å². The van der Waals surface area contributed by atoms with Gasteiger partial charge in [-0.3, -0.25) is 9.59 Å². The van der Waals surface area contributed by atoms with Gasteiger partial charge in [0.25, 0.3) is 0 Å². The van der Waals surface area contributed by atoms with Crippen LogP contribution in [-0.2, 0) is 14.3 Å². The normalized spacial score (nSPS) is 30.4. The predicted octanol–water partition coefficient (Wildman–Crippen LogP) is 2.40. The summed E-state index contributed by atoms with van der Waals surface area (Å²) >= 11 is 3.13. The van der Waals surface area contributed by atoms with E-state index >= 15 is 0 Å². The summed E-state index contributed by atoms with van der Waals surface area (Å²) in [6.45, 7) is 0. The number of hydrogen-bond acceptors (Lipinski definition) is 3. The lowest BCUT2D eigenvalue weighted by molar-refractivity contribution is -0.147. The summed E-state index contributed by atoms with van der Waals surface area (Å²) in [4.78, 5) is 23.7. The molecule has 0 unspecified atom stereocenters. The zero-order valence-corrected chi connectivity index (χ0v) is 12.5. The largest absolute Gasteiger partial charge is 0.481 e. The van der Waals surface area contributed by atoms with E-state index in [4.69, 9.17) is 4.74 Å². The van der Waals surface area contributed by atoms with Gasteiger partial charge in [-0.1, -0.05) is 15.9 Å². The predicted molar refractivity (Wildman–Crippen MR) is 75.2 cm³/mol. The van der Waals surface area contributed by atoms with E-state index in [1.807, 2.05) is 0 Å². The van der Waals surface area contributed by atoms with Gasteiger partial charge in [-0.05, 0) is 31.0 Å². The second-order valence-electron chi connectivity index (χ2n) is 5.29. The number of halogens is 2. The second kappa shape index (κ2) is 5.38. The third kappa shape index (κ3) is 2.55. The van der Waals surface area contributed by atoms with Crippen molar-refractivity contribution in [2.45, 2.75) is 25.0 Å². The molecular weight excluding hydrogens is 345 g/mol. The summed E-state index contributed by atoms with van der Waals surface area (Å²) < 4.78 is 19.8. The number of aliphatic carboxylic acids is 1. The molecule has 0 aliphatic carbocycles. The van der Waals surface area contributed by atoms with E-state index in [9.17, 15) is 19.1 Å². The summed E-state index contributed by atoms with van der Waals surface area (Å²) in [6.07, 6.45) is 0.501. The summed E-state index contributed by atoms with van der Waals surface area (Å²) in [5, 5.41) is 11.7. The van der Waals surface area contributed by atoms with Crippen molar-refractivity contribution in [3.05, 3.63) is 28.5 Å². The fourth-order valence-corrected chi connectivity index (χ4v) is 3.46. The van der Waals surface area contributed by atoms with E-state index in [1.165, 1.54) is 12.1 Å². The SMILES string of the molecule is O=C(O)[C@@H]1[C@@H](C(=O)Nc2ccc(Br)cc2F)[C@@H]2CC[C@@H]1O2. The molecule has 1 amide bonds. The Balaban J connectivity index is 1.80. The number of rotatable bonds is 3. The standard InChI is InChI=1S/C14H13BrFNO4/c15-6-1-2-8(7(16)5-6)17-13(18)11-9-3-4-10(21-9)12(11)14(19)20/h1-2,5,9-12H,3-4H2,(H,17,18)(H,19,20)/t9-,10-,11-,12-/m0/s1. The van der Waals surface area contributed by atoms with Crippen LogP contribution in [0.25, 0.3) is 0 Å². The molecule has 1 aromatic rings. The van der Waals surface area contributed by atoms with Gasteiger partial charge in [0, 0.05) is 4.47 Å². The van der Waals surface area contributed by atoms with E-state index in [0.29, 0.717) is 17.3 Å². The molecule has 5 nitrogen and oxygen atoms in total. The highest BCUT2D eigenvalue weighted by atomic mass is 79.9. The van der Waals surface area contributed by atoms with Gasteiger partial charge in [-0.15, -0.1) is 0 Å². The van der Waals surface area contributed by atoms with Crippen LogP contribution in [0.5, 0.6) is 0 Å². The summed E-state index contributed by atoms with van der Waals surface area (Å²) in [6, 6.07) is 4.27. The molecule has 2 bridgehead atoms. The molecule has 1 aromatic carbocycles. The number of carboxylic acid groups (broad SMARTS) is 1. The second-order valence-corrected chi connectivity index (χ2v) is 6.21. The third-order valence-corrected chi connectivity index (χ3v) is 4.54. The Labute approximate surface area is 128 Å². The Bertz CT molecular complexity index is 609. The first kappa shape index (κ1) is 14.5. The first-order valence-electron chi connectivity index (χ1n) is 6.61. The number of carbonyl (C=O) groups is 2. The number of fused-ring (bicyclic) bond motifs is 2. The summed E-state index contributed by atoms with van der Waals surface area (Å²) in [5.41, 5.74) is 0.0371. The molecule has 2 saturated heterocycles. The Hall–Kier alpha value is -1.47. The lowest BCUT2D eigenvalue weighted by Gasteiger charge is -2.23. The van der Waals surface area contributed by atoms with Gasteiger partial charge >= 0.3 is 5.97 Å². The highest BCUT2D eigenvalue weighted by Crippen LogP contribution is 2.44. The van der Waals surface area contributed by atoms with Crippen LogP contribution in [0.15, 0.2) is 22.7 Å². The molecule has 0 spiro atoms. The molecule has 21 heavy (non-hydrogen) atoms. The van der Waals surface area contributed by atoms with Gasteiger partial charge < -0.3 is 15.2 Å². The number of benzene rings is 1. The average molecular weight is 358 g/mol. The van der Waals surface area contributed by atoms with Crippen LogP contribution in [0.4, 0.5) is 10.1 Å². The van der Waals surface area contributed by atoms with E-state index < -0.39 is 41.7 Å². The molecule has 7 heteroatoms. The van der Waals surface area contributed by atoms with E-state index in [0.717, 1.165) is 0 Å². The van der Waals surface area contributed by atoms with Crippen LogP contribution in [-0.4, -0.2) is 29.2 Å². The van der Waals surface area contributed by atoms with Crippen molar-refractivity contribution in [2.24, 2.45) is 11.8 Å². The first-order chi connectivity index (χ1) is 9.97. The third-order valence-electron chi connectivity index (χ3n) is 4.05. The molecule has 3 rings (SSSR count). The topological polar surface area (TPSA) is 75.6 Å².